The van der Waals surface area contributed by atoms with E-state index in [0.717, 1.165) is 0 Å². The van der Waals surface area contributed by atoms with Gasteiger partial charge >= 0.3 is 6.03 Å². The zero-order valence-corrected chi connectivity index (χ0v) is 11.1. The number of carbonyl (C=O) groups is 1. The number of nitrogens with one attached hydrogen (secondary N) is 2. The summed E-state index contributed by atoms with van der Waals surface area (Å²) in [6.45, 7) is 0. The Bertz CT molecular complexity index is 482. The number of rotatable bonds is 5. The average molecular weight is 262 g/mol. The Kier molecular flexibility index (Phi) is 4.28. The molecular weight excluding hydrogens is 244 g/mol. The predicted octanol–water partition coefficient (Wildman–Crippen LogP) is 2.75. The number of ether oxygens (including phenoxy) is 2. The Hall–Kier alpha value is -2.17. The Morgan fingerprint density at radius 3 is 2.74 bits per heavy atom. The van der Waals surface area contributed by atoms with Gasteiger partial charge < -0.3 is 20.1 Å². The minimum atomic E-state index is -0.291. The molecule has 19 heavy (non-hydrogen) atoms. The molecule has 102 valence electrons. The maximum atomic E-state index is 11.7. The van der Waals surface area contributed by atoms with Gasteiger partial charge in [-0.05, 0) is 30.9 Å². The molecule has 5 nitrogen and oxygen atoms in total. The summed E-state index contributed by atoms with van der Waals surface area (Å²) in [4.78, 5) is 11.7. The van der Waals surface area contributed by atoms with Gasteiger partial charge in [-0.1, -0.05) is 6.08 Å². The fourth-order valence-corrected chi connectivity index (χ4v) is 1.61. The first-order chi connectivity index (χ1) is 9.22. The summed E-state index contributed by atoms with van der Waals surface area (Å²) in [6.07, 6.45) is 6.12. The highest BCUT2D eigenvalue weighted by Crippen LogP contribution is 2.30. The topological polar surface area (TPSA) is 59.6 Å². The van der Waals surface area contributed by atoms with Gasteiger partial charge in [0.25, 0.3) is 0 Å². The zero-order valence-electron chi connectivity index (χ0n) is 11.1. The van der Waals surface area contributed by atoms with Crippen molar-refractivity contribution in [2.45, 2.75) is 12.8 Å². The van der Waals surface area contributed by atoms with Crippen LogP contribution in [0.3, 0.4) is 0 Å². The maximum Gasteiger partial charge on any atom is 0.323 e. The van der Waals surface area contributed by atoms with E-state index in [9.17, 15) is 4.79 Å². The van der Waals surface area contributed by atoms with E-state index < -0.39 is 0 Å². The standard InChI is InChI=1S/C14H18N2O3/c1-18-11-5-6-12(13(9-11)19-2)16-14(17)15-8-7-10-3-4-10/h5-10H,3-4H2,1-2H3,(H2,15,16,17)/b8-7+. The van der Waals surface area contributed by atoms with E-state index in [0.29, 0.717) is 23.1 Å². The van der Waals surface area contributed by atoms with Crippen LogP contribution in [0.5, 0.6) is 11.5 Å². The van der Waals surface area contributed by atoms with Gasteiger partial charge in [-0.15, -0.1) is 0 Å². The predicted molar refractivity (Wildman–Crippen MR) is 73.6 cm³/mol. The lowest BCUT2D eigenvalue weighted by Gasteiger charge is -2.11. The first kappa shape index (κ1) is 13.3. The van der Waals surface area contributed by atoms with Crippen LogP contribution >= 0.6 is 0 Å². The quantitative estimate of drug-likeness (QED) is 0.857. The van der Waals surface area contributed by atoms with Crippen molar-refractivity contribution >= 4 is 11.7 Å². The van der Waals surface area contributed by atoms with Crippen molar-refractivity contribution in [3.63, 3.8) is 0 Å². The Morgan fingerprint density at radius 1 is 1.32 bits per heavy atom. The van der Waals surface area contributed by atoms with Crippen LogP contribution in [0.2, 0.25) is 0 Å². The van der Waals surface area contributed by atoms with Crippen LogP contribution in [-0.4, -0.2) is 20.3 Å². The second-order valence-corrected chi connectivity index (χ2v) is 4.36. The molecule has 1 aliphatic carbocycles. The molecule has 0 spiro atoms. The molecule has 1 aromatic rings. The van der Waals surface area contributed by atoms with Gasteiger partial charge in [-0.3, -0.25) is 0 Å². The molecule has 0 saturated heterocycles. The lowest BCUT2D eigenvalue weighted by atomic mass is 10.2. The molecule has 5 heteroatoms. The minimum absolute atomic E-state index is 0.291. The number of anilines is 1. The molecule has 0 radical (unpaired) electrons. The number of allylic oxidation sites excluding steroid dienone is 1. The SMILES string of the molecule is COc1ccc(NC(=O)N/C=C/C2CC2)c(OC)c1. The van der Waals surface area contributed by atoms with Crippen LogP contribution in [-0.2, 0) is 0 Å². The van der Waals surface area contributed by atoms with Crippen molar-refractivity contribution in [3.05, 3.63) is 30.5 Å². The van der Waals surface area contributed by atoms with Gasteiger partial charge in [0.05, 0.1) is 19.9 Å². The minimum Gasteiger partial charge on any atom is -0.497 e. The summed E-state index contributed by atoms with van der Waals surface area (Å²) >= 11 is 0. The van der Waals surface area contributed by atoms with Crippen LogP contribution in [0.4, 0.5) is 10.5 Å². The average Bonchev–Trinajstić information content (AvgIpc) is 3.23. The van der Waals surface area contributed by atoms with E-state index in [-0.39, 0.29) is 6.03 Å². The van der Waals surface area contributed by atoms with E-state index >= 15 is 0 Å². The highest BCUT2D eigenvalue weighted by molar-refractivity contribution is 5.91. The molecule has 0 aliphatic heterocycles. The molecule has 0 aromatic heterocycles. The number of benzene rings is 1. The molecule has 0 heterocycles. The Morgan fingerprint density at radius 2 is 2.11 bits per heavy atom. The molecule has 0 unspecified atom stereocenters. The summed E-state index contributed by atoms with van der Waals surface area (Å²) in [7, 11) is 3.13. The molecule has 2 N–H and O–H groups in total. The number of carbonyl (C=O) groups excluding carboxylic acids is 1. The van der Waals surface area contributed by atoms with E-state index in [2.05, 4.69) is 10.6 Å². The molecule has 1 aromatic carbocycles. The van der Waals surface area contributed by atoms with Gasteiger partial charge in [0.15, 0.2) is 0 Å². The lowest BCUT2D eigenvalue weighted by Crippen LogP contribution is -2.24. The summed E-state index contributed by atoms with van der Waals surface area (Å²) in [5, 5.41) is 5.39. The summed E-state index contributed by atoms with van der Waals surface area (Å²) in [6, 6.07) is 4.93. The van der Waals surface area contributed by atoms with Crippen molar-refractivity contribution in [2.75, 3.05) is 19.5 Å². The maximum absolute atomic E-state index is 11.7. The second kappa shape index (κ2) is 6.13. The number of urea groups is 1. The van der Waals surface area contributed by atoms with Crippen LogP contribution in [0.25, 0.3) is 0 Å². The first-order valence-corrected chi connectivity index (χ1v) is 6.19. The summed E-state index contributed by atoms with van der Waals surface area (Å²) < 4.78 is 10.3. The third kappa shape index (κ3) is 3.91. The number of hydrogen-bond donors (Lipinski definition) is 2. The molecule has 2 amide bonds. The highest BCUT2D eigenvalue weighted by Gasteiger charge is 2.17. The molecule has 1 saturated carbocycles. The van der Waals surface area contributed by atoms with Crippen molar-refractivity contribution in [1.29, 1.82) is 0 Å². The molecule has 0 bridgehead atoms. The van der Waals surface area contributed by atoms with Crippen molar-refractivity contribution in [2.24, 2.45) is 5.92 Å². The summed E-state index contributed by atoms with van der Waals surface area (Å²) in [5.41, 5.74) is 0.598. The summed E-state index contributed by atoms with van der Waals surface area (Å²) in [5.74, 6) is 1.87. The largest absolute Gasteiger partial charge is 0.497 e. The van der Waals surface area contributed by atoms with Gasteiger partial charge in [0.2, 0.25) is 0 Å². The molecular formula is C14H18N2O3. The van der Waals surface area contributed by atoms with Crippen LogP contribution < -0.4 is 20.1 Å². The van der Waals surface area contributed by atoms with Gasteiger partial charge in [0.1, 0.15) is 11.5 Å². The third-order valence-corrected chi connectivity index (χ3v) is 2.86. The number of methoxy groups -OCH3 is 2. The van der Waals surface area contributed by atoms with E-state index in [4.69, 9.17) is 9.47 Å². The first-order valence-electron chi connectivity index (χ1n) is 6.19. The molecule has 0 atom stereocenters. The number of amides is 2. The molecule has 2 rings (SSSR count). The van der Waals surface area contributed by atoms with Crippen molar-refractivity contribution in [3.8, 4) is 11.5 Å². The van der Waals surface area contributed by atoms with E-state index in [1.165, 1.54) is 12.8 Å². The fourth-order valence-electron chi connectivity index (χ4n) is 1.61. The van der Waals surface area contributed by atoms with Crippen molar-refractivity contribution < 1.29 is 14.3 Å². The fraction of sp³-hybridized carbons (Fsp3) is 0.357. The van der Waals surface area contributed by atoms with E-state index in [1.807, 2.05) is 6.08 Å². The molecule has 1 fully saturated rings. The third-order valence-electron chi connectivity index (χ3n) is 2.86. The lowest BCUT2D eigenvalue weighted by molar-refractivity contribution is 0.255. The van der Waals surface area contributed by atoms with Gasteiger partial charge in [0, 0.05) is 12.3 Å². The number of hydrogen-bond acceptors (Lipinski definition) is 3. The van der Waals surface area contributed by atoms with Crippen LogP contribution in [0.1, 0.15) is 12.8 Å². The van der Waals surface area contributed by atoms with Crippen LogP contribution in [0.15, 0.2) is 30.5 Å². The van der Waals surface area contributed by atoms with Gasteiger partial charge in [-0.25, -0.2) is 4.79 Å². The zero-order chi connectivity index (χ0) is 13.7. The Balaban J connectivity index is 1.94. The second-order valence-electron chi connectivity index (χ2n) is 4.36. The monoisotopic (exact) mass is 262 g/mol. The van der Waals surface area contributed by atoms with Crippen LogP contribution in [0, 0.1) is 5.92 Å². The smallest absolute Gasteiger partial charge is 0.323 e. The van der Waals surface area contributed by atoms with E-state index in [1.54, 1.807) is 38.6 Å². The Labute approximate surface area is 112 Å². The highest BCUT2D eigenvalue weighted by atomic mass is 16.5. The van der Waals surface area contributed by atoms with Gasteiger partial charge in [-0.2, -0.15) is 0 Å². The normalized spacial score (nSPS) is 14.2. The van der Waals surface area contributed by atoms with Crippen molar-refractivity contribution in [1.82, 2.24) is 5.32 Å². The molecule has 1 aliphatic rings.